The van der Waals surface area contributed by atoms with Crippen molar-refractivity contribution in [2.75, 3.05) is 0 Å². The number of carbonyl (C=O) groups excluding carboxylic acids is 1. The number of hydrogen-bond acceptors (Lipinski definition) is 3. The standard InChI is InChI=1S/C24H38O3/c1-20(2,3)14-13-17-15-24(22(7,8)9,27-26-23(10,11)12)16-18(19(17)25)21(4,5)6/h15-16H,1-12H3. The maximum absolute atomic E-state index is 13.2. The minimum Gasteiger partial charge on any atom is -0.288 e. The second kappa shape index (κ2) is 7.22. The van der Waals surface area contributed by atoms with Crippen LogP contribution in [0.25, 0.3) is 0 Å². The van der Waals surface area contributed by atoms with E-state index in [0.29, 0.717) is 11.1 Å². The quantitative estimate of drug-likeness (QED) is 0.335. The van der Waals surface area contributed by atoms with Gasteiger partial charge in [-0.3, -0.25) is 4.79 Å². The van der Waals surface area contributed by atoms with E-state index in [1.807, 2.05) is 74.5 Å². The molecule has 0 heterocycles. The van der Waals surface area contributed by atoms with Gasteiger partial charge in [0, 0.05) is 16.4 Å². The summed E-state index contributed by atoms with van der Waals surface area (Å²) in [5.41, 5.74) is -1.05. The molecule has 0 fully saturated rings. The summed E-state index contributed by atoms with van der Waals surface area (Å²) in [4.78, 5) is 25.0. The number of ketones is 1. The van der Waals surface area contributed by atoms with E-state index in [9.17, 15) is 4.79 Å². The van der Waals surface area contributed by atoms with Crippen molar-refractivity contribution in [3.63, 3.8) is 0 Å². The van der Waals surface area contributed by atoms with Crippen LogP contribution in [0.5, 0.6) is 0 Å². The Morgan fingerprint density at radius 1 is 0.852 bits per heavy atom. The highest BCUT2D eigenvalue weighted by Gasteiger charge is 2.47. The van der Waals surface area contributed by atoms with Crippen LogP contribution >= 0.6 is 0 Å². The Balaban J connectivity index is 3.67. The van der Waals surface area contributed by atoms with Gasteiger partial charge in [-0.25, -0.2) is 9.78 Å². The van der Waals surface area contributed by atoms with Gasteiger partial charge in [-0.05, 0) is 59.1 Å². The van der Waals surface area contributed by atoms with Crippen LogP contribution in [0.15, 0.2) is 23.3 Å². The number of carbonyl (C=O) groups is 1. The summed E-state index contributed by atoms with van der Waals surface area (Å²) in [6.07, 6.45) is 3.78. The molecule has 3 heteroatoms. The van der Waals surface area contributed by atoms with Gasteiger partial charge in [0.15, 0.2) is 5.78 Å². The minimum atomic E-state index is -0.890. The molecule has 152 valence electrons. The van der Waals surface area contributed by atoms with E-state index in [2.05, 4.69) is 32.6 Å². The lowest BCUT2D eigenvalue weighted by Crippen LogP contribution is -2.47. The molecule has 1 rings (SSSR count). The van der Waals surface area contributed by atoms with E-state index in [-0.39, 0.29) is 22.0 Å². The molecule has 0 aromatic rings. The van der Waals surface area contributed by atoms with E-state index in [1.165, 1.54) is 0 Å². The number of Topliss-reactive ketones (excluding diaryl/α,β-unsaturated/α-hetero) is 1. The Labute approximate surface area is 166 Å². The maximum atomic E-state index is 13.2. The van der Waals surface area contributed by atoms with Gasteiger partial charge >= 0.3 is 0 Å². The normalized spacial score (nSPS) is 22.0. The first kappa shape index (κ1) is 23.7. The Bertz CT molecular complexity index is 698. The van der Waals surface area contributed by atoms with Crippen LogP contribution in [-0.4, -0.2) is 17.0 Å². The summed E-state index contributed by atoms with van der Waals surface area (Å²) in [5.74, 6) is 6.29. The van der Waals surface area contributed by atoms with Gasteiger partial charge in [-0.2, -0.15) is 0 Å². The first-order valence-electron chi connectivity index (χ1n) is 9.68. The van der Waals surface area contributed by atoms with Gasteiger partial charge in [-0.1, -0.05) is 53.4 Å². The molecule has 0 saturated carbocycles. The van der Waals surface area contributed by atoms with E-state index in [4.69, 9.17) is 9.78 Å². The van der Waals surface area contributed by atoms with Crippen molar-refractivity contribution in [2.45, 2.75) is 94.3 Å². The SMILES string of the molecule is CC(C)(C)C#CC1=CC(OOC(C)(C)C)(C(C)(C)C)C=C(C(C)(C)C)C1=O. The maximum Gasteiger partial charge on any atom is 0.197 e. The number of rotatable bonds is 2. The van der Waals surface area contributed by atoms with Crippen LogP contribution in [-0.2, 0) is 14.6 Å². The highest BCUT2D eigenvalue weighted by Crippen LogP contribution is 2.45. The van der Waals surface area contributed by atoms with Crippen LogP contribution in [0.1, 0.15) is 83.1 Å². The Morgan fingerprint density at radius 2 is 1.37 bits per heavy atom. The molecule has 0 aliphatic heterocycles. The fourth-order valence-corrected chi connectivity index (χ4v) is 2.45. The third-order valence-corrected chi connectivity index (χ3v) is 4.19. The largest absolute Gasteiger partial charge is 0.288 e. The lowest BCUT2D eigenvalue weighted by atomic mass is 9.67. The van der Waals surface area contributed by atoms with Gasteiger partial charge in [-0.15, -0.1) is 0 Å². The summed E-state index contributed by atoms with van der Waals surface area (Å²) in [7, 11) is 0. The van der Waals surface area contributed by atoms with Crippen molar-refractivity contribution in [1.29, 1.82) is 0 Å². The van der Waals surface area contributed by atoms with Gasteiger partial charge in [0.05, 0.1) is 11.2 Å². The molecule has 1 aliphatic carbocycles. The lowest BCUT2D eigenvalue weighted by Gasteiger charge is -2.43. The van der Waals surface area contributed by atoms with E-state index in [0.717, 1.165) is 0 Å². The Morgan fingerprint density at radius 3 is 1.74 bits per heavy atom. The Hall–Kier alpha value is -1.37. The minimum absolute atomic E-state index is 0.0292. The fraction of sp³-hybridized carbons (Fsp3) is 0.708. The zero-order valence-electron chi connectivity index (χ0n) is 19.4. The van der Waals surface area contributed by atoms with Gasteiger partial charge in [0.1, 0.15) is 5.60 Å². The Kier molecular flexibility index (Phi) is 6.33. The molecule has 1 atom stereocenters. The van der Waals surface area contributed by atoms with Crippen LogP contribution < -0.4 is 0 Å². The highest BCUT2D eigenvalue weighted by molar-refractivity contribution is 6.13. The summed E-state index contributed by atoms with van der Waals surface area (Å²) in [6.45, 7) is 24.3. The molecule has 1 aliphatic rings. The molecule has 1 unspecified atom stereocenters. The predicted molar refractivity (Wildman–Crippen MR) is 112 cm³/mol. The summed E-state index contributed by atoms with van der Waals surface area (Å²) < 4.78 is 0. The molecular weight excluding hydrogens is 336 g/mol. The van der Waals surface area contributed by atoms with Crippen LogP contribution in [0.3, 0.4) is 0 Å². The molecule has 0 radical (unpaired) electrons. The smallest absolute Gasteiger partial charge is 0.197 e. The van der Waals surface area contributed by atoms with Crippen molar-refractivity contribution >= 4 is 5.78 Å². The zero-order valence-corrected chi connectivity index (χ0v) is 19.4. The van der Waals surface area contributed by atoms with Crippen molar-refractivity contribution in [1.82, 2.24) is 0 Å². The molecule has 0 amide bonds. The van der Waals surface area contributed by atoms with Crippen molar-refractivity contribution < 1.29 is 14.6 Å². The van der Waals surface area contributed by atoms with Crippen LogP contribution in [0.4, 0.5) is 0 Å². The average molecular weight is 375 g/mol. The van der Waals surface area contributed by atoms with Gasteiger partial charge in [0.2, 0.25) is 0 Å². The van der Waals surface area contributed by atoms with E-state index >= 15 is 0 Å². The second-order valence-electron chi connectivity index (χ2n) is 11.5. The van der Waals surface area contributed by atoms with Crippen molar-refractivity contribution in [2.24, 2.45) is 16.2 Å². The topological polar surface area (TPSA) is 35.5 Å². The van der Waals surface area contributed by atoms with Gasteiger partial charge < -0.3 is 0 Å². The molecule has 0 aromatic heterocycles. The van der Waals surface area contributed by atoms with E-state index in [1.54, 1.807) is 0 Å². The lowest BCUT2D eigenvalue weighted by molar-refractivity contribution is -0.398. The number of allylic oxidation sites excluding steroid dienone is 2. The molecule has 0 bridgehead atoms. The second-order valence-corrected chi connectivity index (χ2v) is 11.5. The molecule has 0 spiro atoms. The summed E-state index contributed by atoms with van der Waals surface area (Å²) in [6, 6.07) is 0. The molecule has 27 heavy (non-hydrogen) atoms. The predicted octanol–water partition coefficient (Wildman–Crippen LogP) is 6.05. The fourth-order valence-electron chi connectivity index (χ4n) is 2.45. The molecular formula is C24H38O3. The van der Waals surface area contributed by atoms with E-state index < -0.39 is 11.2 Å². The van der Waals surface area contributed by atoms with Crippen molar-refractivity contribution in [3.05, 3.63) is 23.3 Å². The molecule has 0 saturated heterocycles. The third-order valence-electron chi connectivity index (χ3n) is 4.19. The first-order valence-corrected chi connectivity index (χ1v) is 9.68. The van der Waals surface area contributed by atoms with Gasteiger partial charge in [0.25, 0.3) is 0 Å². The summed E-state index contributed by atoms with van der Waals surface area (Å²) >= 11 is 0. The first-order chi connectivity index (χ1) is 11.8. The number of hydrogen-bond donors (Lipinski definition) is 0. The summed E-state index contributed by atoms with van der Waals surface area (Å²) in [5, 5.41) is 0. The zero-order chi connectivity index (χ0) is 21.5. The molecule has 3 nitrogen and oxygen atoms in total. The highest BCUT2D eigenvalue weighted by atomic mass is 17.2. The third kappa shape index (κ3) is 6.33. The van der Waals surface area contributed by atoms with Crippen LogP contribution in [0.2, 0.25) is 0 Å². The monoisotopic (exact) mass is 374 g/mol. The van der Waals surface area contributed by atoms with Crippen LogP contribution in [0, 0.1) is 28.1 Å². The molecule has 0 aromatic carbocycles. The van der Waals surface area contributed by atoms with Crippen molar-refractivity contribution in [3.8, 4) is 11.8 Å². The average Bonchev–Trinajstić information content (AvgIpc) is 2.40. The molecule has 0 N–H and O–H groups in total.